The molecule has 1 N–H and O–H groups in total. The van der Waals surface area contributed by atoms with E-state index in [-0.39, 0.29) is 23.2 Å². The molecule has 0 spiro atoms. The van der Waals surface area contributed by atoms with Crippen LogP contribution >= 0.6 is 12.2 Å². The van der Waals surface area contributed by atoms with Crippen molar-refractivity contribution in [2.24, 2.45) is 0 Å². The van der Waals surface area contributed by atoms with Crippen LogP contribution in [0.15, 0.2) is 41.5 Å². The number of ketones is 1. The van der Waals surface area contributed by atoms with E-state index in [0.717, 1.165) is 5.56 Å². The highest BCUT2D eigenvalue weighted by Crippen LogP contribution is 2.17. The van der Waals surface area contributed by atoms with E-state index in [0.29, 0.717) is 54.9 Å². The summed E-state index contributed by atoms with van der Waals surface area (Å²) in [4.78, 5) is 50.1. The zero-order chi connectivity index (χ0) is 24.4. The van der Waals surface area contributed by atoms with Crippen LogP contribution in [0.4, 0.5) is 5.95 Å². The van der Waals surface area contributed by atoms with E-state index in [1.165, 1.54) is 12.4 Å². The number of piperazine rings is 1. The lowest BCUT2D eigenvalue weighted by Crippen LogP contribution is -2.49. The number of aryl methyl sites for hydroxylation is 2. The lowest BCUT2D eigenvalue weighted by atomic mass is 10.1. The average molecular weight is 480 g/mol. The van der Waals surface area contributed by atoms with Gasteiger partial charge in [-0.05, 0) is 19.9 Å². The molecule has 9 nitrogen and oxygen atoms in total. The lowest BCUT2D eigenvalue weighted by Gasteiger charge is -2.36. The van der Waals surface area contributed by atoms with Crippen LogP contribution in [-0.2, 0) is 6.54 Å². The van der Waals surface area contributed by atoms with Crippen molar-refractivity contribution >= 4 is 45.9 Å². The fourth-order valence-electron chi connectivity index (χ4n) is 4.03. The van der Waals surface area contributed by atoms with Gasteiger partial charge < -0.3 is 19.5 Å². The lowest BCUT2D eigenvalue weighted by molar-refractivity contribution is 0.0694. The number of benzene rings is 1. The highest BCUT2D eigenvalue weighted by atomic mass is 32.1. The van der Waals surface area contributed by atoms with Crippen LogP contribution in [0.1, 0.15) is 39.6 Å². The number of pyridine rings is 1. The Morgan fingerprint density at radius 3 is 2.56 bits per heavy atom. The third kappa shape index (κ3) is 4.67. The summed E-state index contributed by atoms with van der Waals surface area (Å²) in [5, 5.41) is 9.49. The number of anilines is 1. The summed E-state index contributed by atoms with van der Waals surface area (Å²) in [5.74, 6) is -0.794. The minimum absolute atomic E-state index is 0.00672. The van der Waals surface area contributed by atoms with Gasteiger partial charge in [-0.3, -0.25) is 9.59 Å². The van der Waals surface area contributed by atoms with Crippen LogP contribution in [0.2, 0.25) is 0 Å². The van der Waals surface area contributed by atoms with E-state index in [2.05, 4.69) is 9.97 Å². The maximum atomic E-state index is 12.6. The van der Waals surface area contributed by atoms with Gasteiger partial charge in [-0.25, -0.2) is 9.78 Å². The number of hydrogen-bond donors (Lipinski definition) is 1. The van der Waals surface area contributed by atoms with E-state index in [9.17, 15) is 19.5 Å². The minimum Gasteiger partial charge on any atom is -0.477 e. The summed E-state index contributed by atoms with van der Waals surface area (Å²) in [6.45, 7) is 6.73. The molecule has 1 fully saturated rings. The molecule has 176 valence electrons. The molecule has 10 heteroatoms. The normalized spacial score (nSPS) is 13.8. The fraction of sp³-hybridized carbons (Fsp3) is 0.333. The van der Waals surface area contributed by atoms with E-state index in [1.54, 1.807) is 4.57 Å². The zero-order valence-electron chi connectivity index (χ0n) is 19.0. The average Bonchev–Trinajstić information content (AvgIpc) is 2.84. The number of aromatic carboxylic acids is 1. The van der Waals surface area contributed by atoms with Crippen molar-refractivity contribution in [1.82, 2.24) is 19.4 Å². The van der Waals surface area contributed by atoms with Gasteiger partial charge in [0, 0.05) is 50.7 Å². The number of carboxylic acid groups (broad SMARTS) is 1. The number of thiocarbonyl (C=S) groups is 1. The predicted octanol–water partition coefficient (Wildman–Crippen LogP) is 2.54. The predicted molar refractivity (Wildman–Crippen MR) is 133 cm³/mol. The van der Waals surface area contributed by atoms with Crippen molar-refractivity contribution in [3.05, 3.63) is 63.6 Å². The van der Waals surface area contributed by atoms with Crippen LogP contribution in [0.25, 0.3) is 11.0 Å². The standard InChI is InChI=1S/C24H25N5O4S/c1-3-27-14-18(23(32)33)21(31)17-13-25-24(26-22(17)27)29-9-7-28(8-10-29)20(34)12-19(30)16-6-4-5-15(2)11-16/h4-6,11,13-14H,3,7-10,12H2,1-2H3,(H,32,33). The number of carboxylic acids is 1. The van der Waals surface area contributed by atoms with E-state index >= 15 is 0 Å². The van der Waals surface area contributed by atoms with Crippen molar-refractivity contribution in [3.63, 3.8) is 0 Å². The zero-order valence-corrected chi connectivity index (χ0v) is 19.8. The summed E-state index contributed by atoms with van der Waals surface area (Å²) < 4.78 is 1.65. The summed E-state index contributed by atoms with van der Waals surface area (Å²) in [5.41, 5.74) is 1.22. The first kappa shape index (κ1) is 23.5. The van der Waals surface area contributed by atoms with Gasteiger partial charge in [0.2, 0.25) is 11.4 Å². The smallest absolute Gasteiger partial charge is 0.341 e. The molecule has 4 rings (SSSR count). The van der Waals surface area contributed by atoms with Crippen LogP contribution in [0, 0.1) is 6.92 Å². The molecule has 0 bridgehead atoms. The van der Waals surface area contributed by atoms with Crippen molar-refractivity contribution in [2.75, 3.05) is 31.1 Å². The molecule has 0 radical (unpaired) electrons. The molecule has 3 heterocycles. The molecule has 0 atom stereocenters. The molecule has 34 heavy (non-hydrogen) atoms. The highest BCUT2D eigenvalue weighted by Gasteiger charge is 2.23. The van der Waals surface area contributed by atoms with E-state index < -0.39 is 11.4 Å². The summed E-state index contributed by atoms with van der Waals surface area (Å²) in [6.07, 6.45) is 2.92. The van der Waals surface area contributed by atoms with Gasteiger partial charge in [0.05, 0.1) is 16.8 Å². The molecule has 1 aromatic carbocycles. The maximum Gasteiger partial charge on any atom is 0.341 e. The molecular formula is C24H25N5O4S. The van der Waals surface area contributed by atoms with Crippen molar-refractivity contribution < 1.29 is 14.7 Å². The van der Waals surface area contributed by atoms with Crippen LogP contribution in [0.5, 0.6) is 0 Å². The number of hydrogen-bond acceptors (Lipinski definition) is 7. The summed E-state index contributed by atoms with van der Waals surface area (Å²) in [7, 11) is 0. The van der Waals surface area contributed by atoms with Gasteiger partial charge in [0.15, 0.2) is 5.78 Å². The Morgan fingerprint density at radius 2 is 1.91 bits per heavy atom. The van der Waals surface area contributed by atoms with Crippen molar-refractivity contribution in [3.8, 4) is 0 Å². The number of aromatic nitrogens is 3. The second-order valence-electron chi connectivity index (χ2n) is 8.21. The van der Waals surface area contributed by atoms with Gasteiger partial charge in [-0.1, -0.05) is 36.0 Å². The Bertz CT molecular complexity index is 1340. The molecular weight excluding hydrogens is 454 g/mol. The first-order valence-electron chi connectivity index (χ1n) is 11.0. The molecule has 0 aliphatic carbocycles. The first-order chi connectivity index (χ1) is 16.3. The number of carbonyl (C=O) groups is 2. The quantitative estimate of drug-likeness (QED) is 0.421. The molecule has 2 aromatic heterocycles. The van der Waals surface area contributed by atoms with Crippen molar-refractivity contribution in [2.45, 2.75) is 26.8 Å². The number of Topliss-reactive ketones (excluding diaryl/α,β-unsaturated/α-hetero) is 1. The molecule has 0 saturated carbocycles. The fourth-order valence-corrected chi connectivity index (χ4v) is 4.35. The Hall–Kier alpha value is -3.66. The largest absolute Gasteiger partial charge is 0.477 e. The first-order valence-corrected chi connectivity index (χ1v) is 11.5. The minimum atomic E-state index is -1.27. The van der Waals surface area contributed by atoms with Gasteiger partial charge in [-0.2, -0.15) is 4.98 Å². The second kappa shape index (κ2) is 9.68. The van der Waals surface area contributed by atoms with E-state index in [4.69, 9.17) is 12.2 Å². The summed E-state index contributed by atoms with van der Waals surface area (Å²) >= 11 is 5.55. The van der Waals surface area contributed by atoms with Crippen molar-refractivity contribution in [1.29, 1.82) is 0 Å². The number of fused-ring (bicyclic) bond motifs is 1. The molecule has 1 aliphatic rings. The third-order valence-corrected chi connectivity index (χ3v) is 6.34. The van der Waals surface area contributed by atoms with Gasteiger partial charge >= 0.3 is 5.97 Å². The van der Waals surface area contributed by atoms with Crippen LogP contribution in [-0.4, -0.2) is 67.5 Å². The Morgan fingerprint density at radius 1 is 1.18 bits per heavy atom. The molecule has 3 aromatic rings. The van der Waals surface area contributed by atoms with Crippen LogP contribution < -0.4 is 10.3 Å². The molecule has 0 amide bonds. The molecule has 1 saturated heterocycles. The molecule has 0 unspecified atom stereocenters. The van der Waals surface area contributed by atoms with Gasteiger partial charge in [0.25, 0.3) is 0 Å². The topological polar surface area (TPSA) is 109 Å². The molecule has 1 aliphatic heterocycles. The van der Waals surface area contributed by atoms with Gasteiger partial charge in [0.1, 0.15) is 11.2 Å². The van der Waals surface area contributed by atoms with Gasteiger partial charge in [-0.15, -0.1) is 0 Å². The Kier molecular flexibility index (Phi) is 6.69. The number of rotatable bonds is 6. The Balaban J connectivity index is 1.46. The monoisotopic (exact) mass is 479 g/mol. The second-order valence-corrected chi connectivity index (χ2v) is 8.68. The number of carbonyl (C=O) groups excluding carboxylic acids is 1. The maximum absolute atomic E-state index is 12.6. The number of nitrogens with zero attached hydrogens (tertiary/aromatic N) is 5. The highest BCUT2D eigenvalue weighted by molar-refractivity contribution is 7.80. The third-order valence-electron chi connectivity index (χ3n) is 5.94. The summed E-state index contributed by atoms with van der Waals surface area (Å²) in [6, 6.07) is 7.50. The van der Waals surface area contributed by atoms with E-state index in [1.807, 2.05) is 47.9 Å². The van der Waals surface area contributed by atoms with Crippen LogP contribution in [0.3, 0.4) is 0 Å². The SMILES string of the molecule is CCn1cc(C(=O)O)c(=O)c2cnc(N3CCN(C(=S)CC(=O)c4cccc(C)c4)CC3)nc21. The Labute approximate surface area is 201 Å².